The van der Waals surface area contributed by atoms with Crippen LogP contribution >= 0.6 is 0 Å². The van der Waals surface area contributed by atoms with Gasteiger partial charge in [0.2, 0.25) is 10.0 Å². The van der Waals surface area contributed by atoms with Gasteiger partial charge >= 0.3 is 0 Å². The normalized spacial score (nSPS) is 28.0. The largest absolute Gasteiger partial charge is 0.330 e. The van der Waals surface area contributed by atoms with Crippen molar-refractivity contribution in [3.63, 3.8) is 0 Å². The van der Waals surface area contributed by atoms with Gasteiger partial charge in [-0.3, -0.25) is 0 Å². The Hall–Kier alpha value is -0.130. The zero-order valence-corrected chi connectivity index (χ0v) is 11.3. The van der Waals surface area contributed by atoms with Gasteiger partial charge < -0.3 is 5.73 Å². The third kappa shape index (κ3) is 3.18. The standard InChI is InChI=1S/C11H24N2O2S/c1-11(2,3)16(14,15)13-10-7-5-4-6-9(10)8-12/h9-10,13H,4-8,12H2,1-3H3. The highest BCUT2D eigenvalue weighted by atomic mass is 32.2. The van der Waals surface area contributed by atoms with Gasteiger partial charge in [0.05, 0.1) is 4.75 Å². The first-order chi connectivity index (χ1) is 7.28. The average Bonchev–Trinajstić information content (AvgIpc) is 2.16. The molecule has 1 aliphatic carbocycles. The molecule has 2 atom stereocenters. The summed E-state index contributed by atoms with van der Waals surface area (Å²) in [4.78, 5) is 0. The lowest BCUT2D eigenvalue weighted by Crippen LogP contribution is -2.49. The van der Waals surface area contributed by atoms with E-state index in [1.165, 1.54) is 0 Å². The van der Waals surface area contributed by atoms with Crippen LogP contribution in [-0.4, -0.2) is 25.8 Å². The SMILES string of the molecule is CC(C)(C)S(=O)(=O)NC1CCCCC1CN. The Morgan fingerprint density at radius 2 is 1.81 bits per heavy atom. The molecule has 2 unspecified atom stereocenters. The summed E-state index contributed by atoms with van der Waals surface area (Å²) in [6, 6.07) is 0.0305. The van der Waals surface area contributed by atoms with Crippen molar-refractivity contribution in [3.8, 4) is 0 Å². The molecule has 3 N–H and O–H groups in total. The van der Waals surface area contributed by atoms with Crippen molar-refractivity contribution in [1.82, 2.24) is 4.72 Å². The molecule has 0 aromatic carbocycles. The molecule has 0 radical (unpaired) electrons. The zero-order valence-electron chi connectivity index (χ0n) is 10.5. The van der Waals surface area contributed by atoms with Crippen molar-refractivity contribution >= 4 is 10.0 Å². The minimum Gasteiger partial charge on any atom is -0.330 e. The second-order valence-corrected chi connectivity index (χ2v) is 8.09. The topological polar surface area (TPSA) is 72.2 Å². The van der Waals surface area contributed by atoms with Crippen molar-refractivity contribution in [2.75, 3.05) is 6.54 Å². The van der Waals surface area contributed by atoms with E-state index in [4.69, 9.17) is 5.73 Å². The first-order valence-electron chi connectivity index (χ1n) is 6.00. The second kappa shape index (κ2) is 5.02. The van der Waals surface area contributed by atoms with Gasteiger partial charge in [-0.2, -0.15) is 0 Å². The lowest BCUT2D eigenvalue weighted by Gasteiger charge is -2.33. The lowest BCUT2D eigenvalue weighted by molar-refractivity contribution is 0.294. The molecule has 0 spiro atoms. The Morgan fingerprint density at radius 3 is 2.31 bits per heavy atom. The molecule has 1 saturated carbocycles. The molecule has 0 aliphatic heterocycles. The van der Waals surface area contributed by atoms with E-state index in [0.29, 0.717) is 12.5 Å². The summed E-state index contributed by atoms with van der Waals surface area (Å²) in [5.41, 5.74) is 5.69. The van der Waals surface area contributed by atoms with Crippen LogP contribution in [0, 0.1) is 5.92 Å². The van der Waals surface area contributed by atoms with Crippen molar-refractivity contribution in [2.45, 2.75) is 57.2 Å². The molecule has 4 nitrogen and oxygen atoms in total. The molecular formula is C11H24N2O2S. The van der Waals surface area contributed by atoms with Gasteiger partial charge in [-0.1, -0.05) is 12.8 Å². The van der Waals surface area contributed by atoms with Crippen LogP contribution in [-0.2, 0) is 10.0 Å². The fourth-order valence-electron chi connectivity index (χ4n) is 2.02. The van der Waals surface area contributed by atoms with E-state index in [2.05, 4.69) is 4.72 Å². The minimum atomic E-state index is -3.25. The smallest absolute Gasteiger partial charge is 0.216 e. The van der Waals surface area contributed by atoms with Gasteiger partial charge in [0.15, 0.2) is 0 Å². The van der Waals surface area contributed by atoms with E-state index in [1.807, 2.05) is 0 Å². The monoisotopic (exact) mass is 248 g/mol. The summed E-state index contributed by atoms with van der Waals surface area (Å²) in [5, 5.41) is 0. The predicted octanol–water partition coefficient (Wildman–Crippen LogP) is 1.22. The number of hydrogen-bond acceptors (Lipinski definition) is 3. The molecule has 1 fully saturated rings. The number of rotatable bonds is 3. The van der Waals surface area contributed by atoms with Crippen molar-refractivity contribution in [1.29, 1.82) is 0 Å². The Labute approximate surface area is 99.0 Å². The summed E-state index contributed by atoms with van der Waals surface area (Å²) >= 11 is 0. The van der Waals surface area contributed by atoms with Gasteiger partial charge in [-0.05, 0) is 46.1 Å². The Balaban J connectivity index is 2.72. The van der Waals surface area contributed by atoms with Crippen LogP contribution in [0.3, 0.4) is 0 Å². The molecule has 5 heteroatoms. The Morgan fingerprint density at radius 1 is 1.25 bits per heavy atom. The van der Waals surface area contributed by atoms with Crippen molar-refractivity contribution in [2.24, 2.45) is 11.7 Å². The molecule has 16 heavy (non-hydrogen) atoms. The molecule has 1 aliphatic rings. The van der Waals surface area contributed by atoms with E-state index in [-0.39, 0.29) is 6.04 Å². The van der Waals surface area contributed by atoms with Gasteiger partial charge in [0.25, 0.3) is 0 Å². The third-order valence-corrected chi connectivity index (χ3v) is 5.55. The fraction of sp³-hybridized carbons (Fsp3) is 1.00. The molecule has 0 amide bonds. The second-order valence-electron chi connectivity index (χ2n) is 5.62. The Kier molecular flexibility index (Phi) is 4.37. The zero-order chi connectivity index (χ0) is 12.4. The average molecular weight is 248 g/mol. The fourth-order valence-corrected chi connectivity index (χ4v) is 3.08. The minimum absolute atomic E-state index is 0.0305. The summed E-state index contributed by atoms with van der Waals surface area (Å²) in [7, 11) is -3.25. The molecule has 0 bridgehead atoms. The molecule has 0 aromatic rings. The highest BCUT2D eigenvalue weighted by Gasteiger charge is 2.34. The summed E-state index contributed by atoms with van der Waals surface area (Å²) in [6.45, 7) is 5.72. The van der Waals surface area contributed by atoms with Crippen LogP contribution in [0.1, 0.15) is 46.5 Å². The molecule has 96 valence electrons. The van der Waals surface area contributed by atoms with Crippen LogP contribution in [0.25, 0.3) is 0 Å². The van der Waals surface area contributed by atoms with Crippen LogP contribution < -0.4 is 10.5 Å². The number of nitrogens with two attached hydrogens (primary N) is 1. The lowest BCUT2D eigenvalue weighted by atomic mass is 9.85. The van der Waals surface area contributed by atoms with Crippen LogP contribution in [0.4, 0.5) is 0 Å². The van der Waals surface area contributed by atoms with E-state index >= 15 is 0 Å². The van der Waals surface area contributed by atoms with E-state index in [1.54, 1.807) is 20.8 Å². The summed E-state index contributed by atoms with van der Waals surface area (Å²) < 4.78 is 26.1. The summed E-state index contributed by atoms with van der Waals surface area (Å²) in [6.07, 6.45) is 4.20. The first-order valence-corrected chi connectivity index (χ1v) is 7.48. The van der Waals surface area contributed by atoms with Gasteiger partial charge in [0.1, 0.15) is 0 Å². The molecule has 0 saturated heterocycles. The number of hydrogen-bond donors (Lipinski definition) is 2. The highest BCUT2D eigenvalue weighted by molar-refractivity contribution is 7.90. The van der Waals surface area contributed by atoms with E-state index in [9.17, 15) is 8.42 Å². The predicted molar refractivity (Wildman–Crippen MR) is 66.6 cm³/mol. The van der Waals surface area contributed by atoms with E-state index < -0.39 is 14.8 Å². The summed E-state index contributed by atoms with van der Waals surface area (Å²) in [5.74, 6) is 0.297. The van der Waals surface area contributed by atoms with Gasteiger partial charge in [0, 0.05) is 6.04 Å². The quantitative estimate of drug-likeness (QED) is 0.789. The number of nitrogens with one attached hydrogen (secondary N) is 1. The van der Waals surface area contributed by atoms with Crippen LogP contribution in [0.2, 0.25) is 0 Å². The van der Waals surface area contributed by atoms with Crippen molar-refractivity contribution < 1.29 is 8.42 Å². The maximum Gasteiger partial charge on any atom is 0.216 e. The van der Waals surface area contributed by atoms with Gasteiger partial charge in [-0.25, -0.2) is 13.1 Å². The molecule has 0 heterocycles. The highest BCUT2D eigenvalue weighted by Crippen LogP contribution is 2.25. The van der Waals surface area contributed by atoms with Crippen LogP contribution in [0.5, 0.6) is 0 Å². The number of sulfonamides is 1. The molecular weight excluding hydrogens is 224 g/mol. The Bertz CT molecular complexity index is 319. The maximum atomic E-state index is 12.0. The first kappa shape index (κ1) is 13.9. The van der Waals surface area contributed by atoms with Crippen LogP contribution in [0.15, 0.2) is 0 Å². The molecule has 0 aromatic heterocycles. The third-order valence-electron chi connectivity index (χ3n) is 3.32. The van der Waals surface area contributed by atoms with Crippen molar-refractivity contribution in [3.05, 3.63) is 0 Å². The maximum absolute atomic E-state index is 12.0. The van der Waals surface area contributed by atoms with Gasteiger partial charge in [-0.15, -0.1) is 0 Å². The molecule has 1 rings (SSSR count). The van der Waals surface area contributed by atoms with E-state index in [0.717, 1.165) is 25.7 Å².